The van der Waals surface area contributed by atoms with Crippen LogP contribution in [0.2, 0.25) is 0 Å². The second kappa shape index (κ2) is 11.1. The van der Waals surface area contributed by atoms with Crippen LogP contribution in [-0.4, -0.2) is 50.9 Å². The maximum absolute atomic E-state index is 10.7. The Hall–Kier alpha value is -2.16. The van der Waals surface area contributed by atoms with Gasteiger partial charge in [0.15, 0.2) is 12.6 Å². The van der Waals surface area contributed by atoms with Gasteiger partial charge in [-0.15, -0.1) is 0 Å². The molecule has 0 aliphatic carbocycles. The molecule has 32 heavy (non-hydrogen) atoms. The van der Waals surface area contributed by atoms with Gasteiger partial charge in [-0.1, -0.05) is 24.3 Å². The molecule has 2 fully saturated rings. The average Bonchev–Trinajstić information content (AvgIpc) is 2.84. The van der Waals surface area contributed by atoms with Crippen molar-refractivity contribution in [2.75, 3.05) is 27.4 Å². The zero-order valence-electron chi connectivity index (χ0n) is 18.6. The molecule has 7 heteroatoms. The Morgan fingerprint density at radius 2 is 1.16 bits per heavy atom. The summed E-state index contributed by atoms with van der Waals surface area (Å²) < 4.78 is 34.2. The van der Waals surface area contributed by atoms with E-state index in [1.807, 2.05) is 48.5 Å². The normalized spacial score (nSPS) is 26.1. The van der Waals surface area contributed by atoms with E-state index < -0.39 is 18.7 Å². The summed E-state index contributed by atoms with van der Waals surface area (Å²) in [5, 5.41) is 10.7. The second-order valence-corrected chi connectivity index (χ2v) is 8.17. The fourth-order valence-electron chi connectivity index (χ4n) is 4.10. The highest BCUT2D eigenvalue weighted by Gasteiger charge is 2.30. The van der Waals surface area contributed by atoms with E-state index in [1.54, 1.807) is 14.2 Å². The Balaban J connectivity index is 1.27. The molecular weight excluding hydrogens is 412 g/mol. The van der Waals surface area contributed by atoms with Crippen LogP contribution in [0.1, 0.15) is 49.4 Å². The summed E-state index contributed by atoms with van der Waals surface area (Å²) in [6, 6.07) is 15.3. The van der Waals surface area contributed by atoms with E-state index in [0.717, 1.165) is 35.5 Å². The van der Waals surface area contributed by atoms with E-state index in [4.69, 9.17) is 28.4 Å². The molecule has 0 radical (unpaired) electrons. The van der Waals surface area contributed by atoms with Crippen molar-refractivity contribution < 1.29 is 33.5 Å². The quantitative estimate of drug-likeness (QED) is 0.655. The number of rotatable bonds is 8. The molecule has 2 aliphatic rings. The topological polar surface area (TPSA) is 75.6 Å². The SMILES string of the molecule is COc1ccc([C@H]2OCC[C@@H](CC(O)C[C@@H]3CCO[C@H](c4ccc(OC)cc4)O3)O2)cc1. The van der Waals surface area contributed by atoms with Gasteiger partial charge in [-0.25, -0.2) is 0 Å². The lowest BCUT2D eigenvalue weighted by Crippen LogP contribution is -2.34. The number of ether oxygens (including phenoxy) is 6. The van der Waals surface area contributed by atoms with Crippen LogP contribution in [0.5, 0.6) is 11.5 Å². The van der Waals surface area contributed by atoms with Gasteiger partial charge in [-0.2, -0.15) is 0 Å². The highest BCUT2D eigenvalue weighted by atomic mass is 16.7. The molecule has 2 aliphatic heterocycles. The Bertz CT molecular complexity index is 754. The van der Waals surface area contributed by atoms with Crippen molar-refractivity contribution in [3.05, 3.63) is 59.7 Å². The summed E-state index contributed by atoms with van der Waals surface area (Å²) in [6.45, 7) is 1.20. The minimum Gasteiger partial charge on any atom is -0.497 e. The third kappa shape index (κ3) is 5.99. The predicted octanol–water partition coefficient (Wildman–Crippen LogP) is 4.15. The summed E-state index contributed by atoms with van der Waals surface area (Å²) in [4.78, 5) is 0. The third-order valence-corrected chi connectivity index (χ3v) is 5.90. The molecule has 0 bridgehead atoms. The highest BCUT2D eigenvalue weighted by Crippen LogP contribution is 2.32. The van der Waals surface area contributed by atoms with E-state index in [2.05, 4.69) is 0 Å². The van der Waals surface area contributed by atoms with E-state index >= 15 is 0 Å². The number of methoxy groups -OCH3 is 2. The molecule has 0 amide bonds. The lowest BCUT2D eigenvalue weighted by molar-refractivity contribution is -0.231. The Kier molecular flexibility index (Phi) is 8.00. The third-order valence-electron chi connectivity index (χ3n) is 5.90. The van der Waals surface area contributed by atoms with Crippen molar-refractivity contribution in [1.29, 1.82) is 0 Å². The molecule has 0 unspecified atom stereocenters. The molecule has 4 rings (SSSR count). The zero-order valence-corrected chi connectivity index (χ0v) is 18.6. The number of hydrogen-bond acceptors (Lipinski definition) is 7. The van der Waals surface area contributed by atoms with Crippen molar-refractivity contribution in [2.45, 2.75) is 56.6 Å². The molecule has 0 saturated carbocycles. The summed E-state index contributed by atoms with van der Waals surface area (Å²) >= 11 is 0. The Morgan fingerprint density at radius 3 is 1.53 bits per heavy atom. The first-order valence-corrected chi connectivity index (χ1v) is 11.1. The molecule has 174 valence electrons. The van der Waals surface area contributed by atoms with Crippen molar-refractivity contribution >= 4 is 0 Å². The first-order valence-electron chi connectivity index (χ1n) is 11.1. The van der Waals surface area contributed by atoms with E-state index in [1.165, 1.54) is 0 Å². The van der Waals surface area contributed by atoms with Crippen molar-refractivity contribution in [3.8, 4) is 11.5 Å². The number of hydrogen-bond donors (Lipinski definition) is 1. The summed E-state index contributed by atoms with van der Waals surface area (Å²) in [6.07, 6.45) is 1.10. The van der Waals surface area contributed by atoms with Gasteiger partial charge in [0, 0.05) is 11.1 Å². The minimum absolute atomic E-state index is 0.0666. The predicted molar refractivity (Wildman–Crippen MR) is 118 cm³/mol. The van der Waals surface area contributed by atoms with Gasteiger partial charge in [0.25, 0.3) is 0 Å². The standard InChI is InChI=1S/C25H32O7/c1-27-20-7-3-17(4-8-20)24-29-13-11-22(31-24)15-19(26)16-23-12-14-30-25(32-23)18-5-9-21(28-2)10-6-18/h3-10,19,22-26H,11-16H2,1-2H3/t22-,23-,24-,25-/m0/s1. The van der Waals surface area contributed by atoms with Crippen LogP contribution in [0.15, 0.2) is 48.5 Å². The second-order valence-electron chi connectivity index (χ2n) is 8.17. The van der Waals surface area contributed by atoms with E-state index in [9.17, 15) is 5.11 Å². The molecular formula is C25H32O7. The first-order chi connectivity index (χ1) is 15.6. The van der Waals surface area contributed by atoms with Gasteiger partial charge in [0.05, 0.1) is 45.7 Å². The van der Waals surface area contributed by atoms with Gasteiger partial charge in [-0.05, 0) is 49.9 Å². The maximum Gasteiger partial charge on any atom is 0.184 e. The van der Waals surface area contributed by atoms with Crippen LogP contribution < -0.4 is 9.47 Å². The largest absolute Gasteiger partial charge is 0.497 e. The van der Waals surface area contributed by atoms with Crippen LogP contribution in [0, 0.1) is 0 Å². The molecule has 4 atom stereocenters. The molecule has 0 aromatic heterocycles. The summed E-state index contributed by atoms with van der Waals surface area (Å²) in [5.41, 5.74) is 1.89. The zero-order chi connectivity index (χ0) is 22.3. The highest BCUT2D eigenvalue weighted by molar-refractivity contribution is 5.28. The van der Waals surface area contributed by atoms with Gasteiger partial charge >= 0.3 is 0 Å². The average molecular weight is 445 g/mol. The lowest BCUT2D eigenvalue weighted by atomic mass is 10.0. The van der Waals surface area contributed by atoms with E-state index in [-0.39, 0.29) is 12.2 Å². The molecule has 2 saturated heterocycles. The van der Waals surface area contributed by atoms with Crippen LogP contribution in [-0.2, 0) is 18.9 Å². The van der Waals surface area contributed by atoms with Crippen LogP contribution in [0.25, 0.3) is 0 Å². The van der Waals surface area contributed by atoms with Crippen molar-refractivity contribution in [1.82, 2.24) is 0 Å². The number of aliphatic hydroxyl groups excluding tert-OH is 1. The van der Waals surface area contributed by atoms with Gasteiger partial charge in [0.1, 0.15) is 11.5 Å². The first kappa shape index (κ1) is 23.0. The van der Waals surface area contributed by atoms with Crippen LogP contribution in [0.3, 0.4) is 0 Å². The minimum atomic E-state index is -0.519. The Labute approximate surface area is 189 Å². The molecule has 7 nitrogen and oxygen atoms in total. The lowest BCUT2D eigenvalue weighted by Gasteiger charge is -2.34. The van der Waals surface area contributed by atoms with Crippen LogP contribution >= 0.6 is 0 Å². The molecule has 0 spiro atoms. The van der Waals surface area contributed by atoms with E-state index in [0.29, 0.717) is 26.1 Å². The summed E-state index contributed by atoms with van der Waals surface area (Å²) in [5.74, 6) is 1.59. The fraction of sp³-hybridized carbons (Fsp3) is 0.520. The molecule has 2 heterocycles. The number of aliphatic hydroxyl groups is 1. The van der Waals surface area contributed by atoms with Crippen molar-refractivity contribution in [3.63, 3.8) is 0 Å². The van der Waals surface area contributed by atoms with Crippen molar-refractivity contribution in [2.24, 2.45) is 0 Å². The monoisotopic (exact) mass is 444 g/mol. The van der Waals surface area contributed by atoms with Gasteiger partial charge in [0.2, 0.25) is 0 Å². The fourth-order valence-corrected chi connectivity index (χ4v) is 4.10. The van der Waals surface area contributed by atoms with Gasteiger partial charge < -0.3 is 33.5 Å². The summed E-state index contributed by atoms with van der Waals surface area (Å²) in [7, 11) is 3.28. The molecule has 2 aromatic carbocycles. The molecule has 1 N–H and O–H groups in total. The Morgan fingerprint density at radius 1 is 0.750 bits per heavy atom. The molecule has 2 aromatic rings. The maximum atomic E-state index is 10.7. The van der Waals surface area contributed by atoms with Gasteiger partial charge in [-0.3, -0.25) is 0 Å². The number of benzene rings is 2. The smallest absolute Gasteiger partial charge is 0.184 e. The van der Waals surface area contributed by atoms with Crippen LogP contribution in [0.4, 0.5) is 0 Å².